The Morgan fingerprint density at radius 2 is 2.04 bits per heavy atom. The summed E-state index contributed by atoms with van der Waals surface area (Å²) in [7, 11) is 0. The molecule has 1 atom stereocenters. The van der Waals surface area contributed by atoms with Crippen LogP contribution in [0.15, 0.2) is 29.2 Å². The van der Waals surface area contributed by atoms with Crippen molar-refractivity contribution in [1.82, 2.24) is 19.2 Å². The van der Waals surface area contributed by atoms with Crippen LogP contribution in [0, 0.1) is 0 Å². The van der Waals surface area contributed by atoms with Gasteiger partial charge in [-0.1, -0.05) is 0 Å². The maximum absolute atomic E-state index is 12.3. The summed E-state index contributed by atoms with van der Waals surface area (Å²) < 4.78 is 6.98. The number of aliphatic hydroxyl groups is 1. The molecule has 27 heavy (non-hydrogen) atoms. The number of aromatic nitrogens is 2. The number of ether oxygens (including phenoxy) is 1. The lowest BCUT2D eigenvalue weighted by molar-refractivity contribution is -0.0549. The lowest BCUT2D eigenvalue weighted by Crippen LogP contribution is -2.51. The Hall–Kier alpha value is -2.00. The van der Waals surface area contributed by atoms with E-state index in [1.54, 1.807) is 12.3 Å². The van der Waals surface area contributed by atoms with E-state index < -0.39 is 5.60 Å². The van der Waals surface area contributed by atoms with Gasteiger partial charge in [-0.15, -0.1) is 0 Å². The van der Waals surface area contributed by atoms with Crippen molar-refractivity contribution in [3.8, 4) is 5.75 Å². The summed E-state index contributed by atoms with van der Waals surface area (Å²) in [6, 6.07) is 4.60. The van der Waals surface area contributed by atoms with Gasteiger partial charge in [-0.2, -0.15) is 0 Å². The van der Waals surface area contributed by atoms with Crippen molar-refractivity contribution in [2.45, 2.75) is 25.0 Å². The molecule has 146 valence electrons. The third kappa shape index (κ3) is 4.14. The first kappa shape index (κ1) is 18.4. The second-order valence-corrected chi connectivity index (χ2v) is 7.64. The van der Waals surface area contributed by atoms with E-state index in [1.807, 2.05) is 0 Å². The Labute approximate surface area is 157 Å². The number of fused-ring (bicyclic) bond motifs is 1. The highest BCUT2D eigenvalue weighted by Crippen LogP contribution is 2.19. The van der Waals surface area contributed by atoms with Crippen LogP contribution in [0.4, 0.5) is 0 Å². The molecule has 2 aliphatic rings. The van der Waals surface area contributed by atoms with E-state index in [1.165, 1.54) is 29.4 Å². The van der Waals surface area contributed by atoms with E-state index in [-0.39, 0.29) is 17.0 Å². The van der Waals surface area contributed by atoms with E-state index in [4.69, 9.17) is 4.74 Å². The molecule has 8 heteroatoms. The summed E-state index contributed by atoms with van der Waals surface area (Å²) in [6.07, 6.45) is 3.94. The number of aromatic hydroxyl groups is 1. The lowest BCUT2D eigenvalue weighted by atomic mass is 10.0. The Bertz CT molecular complexity index is 864. The molecule has 0 aromatic carbocycles. The van der Waals surface area contributed by atoms with Crippen LogP contribution in [0.5, 0.6) is 5.75 Å². The van der Waals surface area contributed by atoms with Crippen LogP contribution in [0.3, 0.4) is 0 Å². The van der Waals surface area contributed by atoms with Crippen molar-refractivity contribution in [2.75, 3.05) is 45.9 Å². The second kappa shape index (κ2) is 7.55. The van der Waals surface area contributed by atoms with Gasteiger partial charge in [0, 0.05) is 38.4 Å². The van der Waals surface area contributed by atoms with Crippen molar-refractivity contribution in [2.24, 2.45) is 0 Å². The average molecular weight is 374 g/mol. The molecule has 0 spiro atoms. The zero-order chi connectivity index (χ0) is 18.9. The first-order valence-corrected chi connectivity index (χ1v) is 9.48. The van der Waals surface area contributed by atoms with E-state index in [0.29, 0.717) is 45.1 Å². The van der Waals surface area contributed by atoms with Gasteiger partial charge in [0.25, 0.3) is 5.56 Å². The first-order valence-electron chi connectivity index (χ1n) is 9.48. The molecule has 0 bridgehead atoms. The van der Waals surface area contributed by atoms with Crippen LogP contribution in [0.1, 0.15) is 18.5 Å². The average Bonchev–Trinajstić information content (AvgIpc) is 3.05. The minimum atomic E-state index is -0.936. The fourth-order valence-corrected chi connectivity index (χ4v) is 4.05. The Kier molecular flexibility index (Phi) is 5.14. The number of likely N-dealkylation sites (tertiary alicyclic amines) is 1. The smallest absolute Gasteiger partial charge is 0.258 e. The number of hydrogen-bond acceptors (Lipinski definition) is 7. The molecule has 0 radical (unpaired) electrons. The number of pyridine rings is 1. The van der Waals surface area contributed by atoms with E-state index in [2.05, 4.69) is 14.8 Å². The number of hydrogen-bond donors (Lipinski definition) is 2. The topological polar surface area (TPSA) is 90.5 Å². The maximum atomic E-state index is 12.3. The van der Waals surface area contributed by atoms with Crippen molar-refractivity contribution >= 4 is 5.65 Å². The highest BCUT2D eigenvalue weighted by molar-refractivity contribution is 5.52. The molecule has 0 saturated carbocycles. The van der Waals surface area contributed by atoms with Crippen LogP contribution < -0.4 is 5.56 Å². The number of nitrogens with zero attached hydrogens (tertiary/aromatic N) is 4. The van der Waals surface area contributed by atoms with E-state index in [9.17, 15) is 15.0 Å². The quantitative estimate of drug-likeness (QED) is 0.782. The van der Waals surface area contributed by atoms with Crippen LogP contribution in [0.25, 0.3) is 5.65 Å². The summed E-state index contributed by atoms with van der Waals surface area (Å²) in [5, 5.41) is 21.1. The van der Waals surface area contributed by atoms with Crippen LogP contribution >= 0.6 is 0 Å². The van der Waals surface area contributed by atoms with Crippen molar-refractivity contribution < 1.29 is 14.9 Å². The third-order valence-corrected chi connectivity index (χ3v) is 5.27. The van der Waals surface area contributed by atoms with Gasteiger partial charge in [-0.25, -0.2) is 4.98 Å². The molecule has 0 aliphatic carbocycles. The van der Waals surface area contributed by atoms with E-state index in [0.717, 1.165) is 13.1 Å². The zero-order valence-corrected chi connectivity index (χ0v) is 15.4. The minimum Gasteiger partial charge on any atom is -0.504 e. The summed E-state index contributed by atoms with van der Waals surface area (Å²) in [5.41, 5.74) is -0.343. The molecular weight excluding hydrogens is 348 g/mol. The first-order chi connectivity index (χ1) is 13.0. The van der Waals surface area contributed by atoms with Gasteiger partial charge in [0.1, 0.15) is 5.60 Å². The monoisotopic (exact) mass is 374 g/mol. The van der Waals surface area contributed by atoms with E-state index >= 15 is 0 Å². The van der Waals surface area contributed by atoms with Gasteiger partial charge in [-0.3, -0.25) is 14.1 Å². The van der Waals surface area contributed by atoms with Gasteiger partial charge in [0.15, 0.2) is 11.4 Å². The minimum absolute atomic E-state index is 0.0267. The van der Waals surface area contributed by atoms with Crippen molar-refractivity contribution in [3.05, 3.63) is 40.4 Å². The standard InChI is InChI=1S/C19H26N4O4/c24-16-4-3-7-23-17(25)10-15(20-18(16)23)11-22-8-9-27-14-19(26,13-22)12-21-5-1-2-6-21/h3-4,7,10,24,26H,1-2,5-6,8-9,11-14H2/t19-/m0/s1. The Morgan fingerprint density at radius 1 is 1.22 bits per heavy atom. The molecule has 4 rings (SSSR count). The van der Waals surface area contributed by atoms with Gasteiger partial charge in [0.05, 0.1) is 18.9 Å². The molecule has 2 aromatic heterocycles. The fraction of sp³-hybridized carbons (Fsp3) is 0.579. The molecule has 8 nitrogen and oxygen atoms in total. The molecule has 2 fully saturated rings. The van der Waals surface area contributed by atoms with Crippen molar-refractivity contribution in [1.29, 1.82) is 0 Å². The Morgan fingerprint density at radius 3 is 2.85 bits per heavy atom. The SMILES string of the molecule is O=c1cc(CN2CCOC[C@](O)(CN3CCCC3)C2)nc2c(O)cccn12. The molecule has 2 N–H and O–H groups in total. The maximum Gasteiger partial charge on any atom is 0.258 e. The van der Waals surface area contributed by atoms with Crippen LogP contribution in [-0.2, 0) is 11.3 Å². The normalized spacial score (nSPS) is 25.1. The largest absolute Gasteiger partial charge is 0.504 e. The Balaban J connectivity index is 1.53. The molecule has 2 aromatic rings. The zero-order valence-electron chi connectivity index (χ0n) is 15.4. The molecule has 0 unspecified atom stereocenters. The molecular formula is C19H26N4O4. The number of β-amino-alcohol motifs (C(OH)–C–C–N with tert-alkyl or cyclic N) is 1. The molecule has 2 aliphatic heterocycles. The van der Waals surface area contributed by atoms with Gasteiger partial charge >= 0.3 is 0 Å². The highest BCUT2D eigenvalue weighted by atomic mass is 16.5. The van der Waals surface area contributed by atoms with Gasteiger partial charge < -0.3 is 19.8 Å². The second-order valence-electron chi connectivity index (χ2n) is 7.64. The molecule has 4 heterocycles. The molecule has 2 saturated heterocycles. The summed E-state index contributed by atoms with van der Waals surface area (Å²) in [6.45, 7) is 5.02. The lowest BCUT2D eigenvalue weighted by Gasteiger charge is -2.33. The predicted octanol–water partition coefficient (Wildman–Crippen LogP) is 0.0592. The highest BCUT2D eigenvalue weighted by Gasteiger charge is 2.35. The third-order valence-electron chi connectivity index (χ3n) is 5.27. The summed E-state index contributed by atoms with van der Waals surface area (Å²) >= 11 is 0. The molecule has 0 amide bonds. The fourth-order valence-electron chi connectivity index (χ4n) is 4.05. The van der Waals surface area contributed by atoms with Gasteiger partial charge in [0.2, 0.25) is 0 Å². The summed E-state index contributed by atoms with van der Waals surface area (Å²) in [5.74, 6) is -0.0267. The van der Waals surface area contributed by atoms with Crippen molar-refractivity contribution in [3.63, 3.8) is 0 Å². The predicted molar refractivity (Wildman–Crippen MR) is 99.8 cm³/mol. The van der Waals surface area contributed by atoms with Crippen LogP contribution in [-0.4, -0.2) is 80.9 Å². The summed E-state index contributed by atoms with van der Waals surface area (Å²) in [4.78, 5) is 21.1. The van der Waals surface area contributed by atoms with Gasteiger partial charge in [-0.05, 0) is 38.1 Å². The number of rotatable bonds is 4. The van der Waals surface area contributed by atoms with Crippen LogP contribution in [0.2, 0.25) is 0 Å².